The topological polar surface area (TPSA) is 15.3 Å². The molecule has 1 atom stereocenters. The average molecular weight is 182 g/mol. The monoisotopic (exact) mass is 182 g/mol. The lowest BCUT2D eigenvalue weighted by Gasteiger charge is -2.32. The highest BCUT2D eigenvalue weighted by Gasteiger charge is 2.32. The van der Waals surface area contributed by atoms with Crippen molar-refractivity contribution in [2.75, 3.05) is 26.7 Å². The molecular weight excluding hydrogens is 160 g/mol. The average Bonchev–Trinajstić information content (AvgIpc) is 2.98. The molecule has 2 nitrogen and oxygen atoms in total. The highest BCUT2D eigenvalue weighted by Crippen LogP contribution is 2.31. The van der Waals surface area contributed by atoms with Gasteiger partial charge in [-0.25, -0.2) is 0 Å². The first-order chi connectivity index (χ1) is 6.40. The zero-order valence-electron chi connectivity index (χ0n) is 8.76. The van der Waals surface area contributed by atoms with Gasteiger partial charge in [0.1, 0.15) is 0 Å². The Labute approximate surface area is 81.7 Å². The third-order valence-electron chi connectivity index (χ3n) is 3.42. The summed E-state index contributed by atoms with van der Waals surface area (Å²) < 4.78 is 0. The number of rotatable bonds is 4. The molecule has 13 heavy (non-hydrogen) atoms. The van der Waals surface area contributed by atoms with Crippen molar-refractivity contribution in [2.24, 2.45) is 5.92 Å². The van der Waals surface area contributed by atoms with Gasteiger partial charge in [0.25, 0.3) is 0 Å². The number of likely N-dealkylation sites (tertiary alicyclic amines) is 1. The quantitative estimate of drug-likeness (QED) is 0.708. The van der Waals surface area contributed by atoms with Crippen LogP contribution in [0.25, 0.3) is 0 Å². The molecule has 1 aliphatic carbocycles. The van der Waals surface area contributed by atoms with Crippen molar-refractivity contribution in [1.29, 1.82) is 0 Å². The maximum Gasteiger partial charge on any atom is 0.00965 e. The van der Waals surface area contributed by atoms with E-state index < -0.39 is 0 Å². The van der Waals surface area contributed by atoms with Crippen molar-refractivity contribution < 1.29 is 0 Å². The summed E-state index contributed by atoms with van der Waals surface area (Å²) in [7, 11) is 2.06. The van der Waals surface area contributed by atoms with Gasteiger partial charge in [0, 0.05) is 12.6 Å². The van der Waals surface area contributed by atoms with E-state index in [1.54, 1.807) is 0 Å². The van der Waals surface area contributed by atoms with Crippen molar-refractivity contribution >= 4 is 0 Å². The molecule has 2 aliphatic rings. The Balaban J connectivity index is 1.71. The number of hydrogen-bond donors (Lipinski definition) is 1. The van der Waals surface area contributed by atoms with E-state index >= 15 is 0 Å². The molecule has 0 spiro atoms. The number of nitrogens with zero attached hydrogens (tertiary/aromatic N) is 1. The van der Waals surface area contributed by atoms with Gasteiger partial charge in [-0.2, -0.15) is 0 Å². The second-order valence-electron chi connectivity index (χ2n) is 4.63. The number of nitrogens with one attached hydrogen (secondary N) is 1. The van der Waals surface area contributed by atoms with Crippen LogP contribution in [-0.4, -0.2) is 37.6 Å². The summed E-state index contributed by atoms with van der Waals surface area (Å²) in [5, 5.41) is 3.26. The minimum Gasteiger partial charge on any atom is -0.320 e. The summed E-state index contributed by atoms with van der Waals surface area (Å²) in [6.45, 7) is 3.95. The molecular formula is C11H22N2. The summed E-state index contributed by atoms with van der Waals surface area (Å²) in [6, 6.07) is 0.984. The van der Waals surface area contributed by atoms with Crippen molar-refractivity contribution in [3.8, 4) is 0 Å². The third kappa shape index (κ3) is 2.68. The smallest absolute Gasteiger partial charge is 0.00965 e. The summed E-state index contributed by atoms with van der Waals surface area (Å²) in [5.41, 5.74) is 0. The first-order valence-corrected chi connectivity index (χ1v) is 5.79. The van der Waals surface area contributed by atoms with E-state index in [0.29, 0.717) is 0 Å². The Hall–Kier alpha value is -0.0800. The zero-order chi connectivity index (χ0) is 9.10. The molecule has 1 N–H and O–H groups in total. The van der Waals surface area contributed by atoms with Gasteiger partial charge >= 0.3 is 0 Å². The van der Waals surface area contributed by atoms with Gasteiger partial charge < -0.3 is 10.2 Å². The Bertz CT molecular complexity index is 154. The van der Waals surface area contributed by atoms with E-state index in [2.05, 4.69) is 17.3 Å². The predicted octanol–water partition coefficient (Wildman–Crippen LogP) is 1.47. The molecule has 0 bridgehead atoms. The molecule has 0 aromatic heterocycles. The van der Waals surface area contributed by atoms with Crippen molar-refractivity contribution in [3.05, 3.63) is 0 Å². The van der Waals surface area contributed by atoms with Crippen LogP contribution in [0.5, 0.6) is 0 Å². The predicted molar refractivity (Wildman–Crippen MR) is 55.9 cm³/mol. The maximum atomic E-state index is 3.26. The van der Waals surface area contributed by atoms with Crippen LogP contribution in [0.4, 0.5) is 0 Å². The van der Waals surface area contributed by atoms with Crippen molar-refractivity contribution in [3.63, 3.8) is 0 Å². The third-order valence-corrected chi connectivity index (χ3v) is 3.42. The molecule has 2 fully saturated rings. The zero-order valence-corrected chi connectivity index (χ0v) is 8.76. The number of hydrogen-bond acceptors (Lipinski definition) is 2. The van der Waals surface area contributed by atoms with Gasteiger partial charge in [-0.05, 0) is 58.2 Å². The van der Waals surface area contributed by atoms with Gasteiger partial charge in [-0.1, -0.05) is 0 Å². The lowest BCUT2D eigenvalue weighted by Crippen LogP contribution is -2.37. The van der Waals surface area contributed by atoms with Crippen LogP contribution >= 0.6 is 0 Å². The van der Waals surface area contributed by atoms with Crippen LogP contribution in [0, 0.1) is 5.92 Å². The van der Waals surface area contributed by atoms with Crippen molar-refractivity contribution in [1.82, 2.24) is 10.2 Å². The van der Waals surface area contributed by atoms with E-state index in [0.717, 1.165) is 12.0 Å². The van der Waals surface area contributed by atoms with Crippen LogP contribution in [0.3, 0.4) is 0 Å². The molecule has 1 unspecified atom stereocenters. The maximum absolute atomic E-state index is 3.26. The van der Waals surface area contributed by atoms with E-state index in [4.69, 9.17) is 0 Å². The van der Waals surface area contributed by atoms with Gasteiger partial charge in [0.15, 0.2) is 0 Å². The van der Waals surface area contributed by atoms with Crippen LogP contribution < -0.4 is 5.32 Å². The molecule has 1 heterocycles. The van der Waals surface area contributed by atoms with E-state index in [-0.39, 0.29) is 0 Å². The molecule has 76 valence electrons. The molecule has 0 radical (unpaired) electrons. The van der Waals surface area contributed by atoms with Crippen LogP contribution in [0.15, 0.2) is 0 Å². The second-order valence-corrected chi connectivity index (χ2v) is 4.63. The summed E-state index contributed by atoms with van der Waals surface area (Å²) >= 11 is 0. The Morgan fingerprint density at radius 1 is 1.31 bits per heavy atom. The largest absolute Gasteiger partial charge is 0.320 e. The number of piperidine rings is 1. The standard InChI is InChI=1S/C11H22N2/c1-12-7-6-10-3-2-8-13(9-10)11-4-5-11/h10-12H,2-9H2,1H3. The van der Waals surface area contributed by atoms with Gasteiger partial charge in [0.2, 0.25) is 0 Å². The lowest BCUT2D eigenvalue weighted by molar-refractivity contribution is 0.161. The van der Waals surface area contributed by atoms with Crippen LogP contribution in [-0.2, 0) is 0 Å². The van der Waals surface area contributed by atoms with Crippen LogP contribution in [0.2, 0.25) is 0 Å². The van der Waals surface area contributed by atoms with Crippen LogP contribution in [0.1, 0.15) is 32.1 Å². The Morgan fingerprint density at radius 3 is 2.85 bits per heavy atom. The Kier molecular flexibility index (Phi) is 3.23. The first kappa shape index (κ1) is 9.47. The first-order valence-electron chi connectivity index (χ1n) is 5.79. The minimum absolute atomic E-state index is 0.974. The fraction of sp³-hybridized carbons (Fsp3) is 1.00. The summed E-state index contributed by atoms with van der Waals surface area (Å²) in [6.07, 6.45) is 7.22. The summed E-state index contributed by atoms with van der Waals surface area (Å²) in [5.74, 6) is 0.974. The molecule has 1 aliphatic heterocycles. The molecule has 1 saturated heterocycles. The molecule has 1 saturated carbocycles. The molecule has 0 aromatic carbocycles. The molecule has 2 rings (SSSR count). The van der Waals surface area contributed by atoms with Gasteiger partial charge in [0.05, 0.1) is 0 Å². The SMILES string of the molecule is CNCCC1CCCN(C2CC2)C1. The minimum atomic E-state index is 0.974. The highest BCUT2D eigenvalue weighted by molar-refractivity contribution is 4.87. The normalized spacial score (nSPS) is 30.7. The molecule has 0 amide bonds. The molecule has 2 heteroatoms. The van der Waals surface area contributed by atoms with E-state index in [9.17, 15) is 0 Å². The fourth-order valence-electron chi connectivity index (χ4n) is 2.45. The van der Waals surface area contributed by atoms with Crippen molar-refractivity contribution in [2.45, 2.75) is 38.1 Å². The second kappa shape index (κ2) is 4.43. The lowest BCUT2D eigenvalue weighted by atomic mass is 9.95. The molecule has 0 aromatic rings. The van der Waals surface area contributed by atoms with E-state index in [1.807, 2.05) is 0 Å². The highest BCUT2D eigenvalue weighted by atomic mass is 15.2. The van der Waals surface area contributed by atoms with Gasteiger partial charge in [-0.3, -0.25) is 0 Å². The summed E-state index contributed by atoms with van der Waals surface area (Å²) in [4.78, 5) is 2.73. The van der Waals surface area contributed by atoms with Gasteiger partial charge in [-0.15, -0.1) is 0 Å². The Morgan fingerprint density at radius 2 is 2.15 bits per heavy atom. The fourth-order valence-corrected chi connectivity index (χ4v) is 2.45. The van der Waals surface area contributed by atoms with E-state index in [1.165, 1.54) is 51.7 Å².